The van der Waals surface area contributed by atoms with Gasteiger partial charge in [0, 0.05) is 97.7 Å². The van der Waals surface area contributed by atoms with Crippen molar-refractivity contribution in [3.8, 4) is 0 Å². The van der Waals surface area contributed by atoms with Crippen molar-refractivity contribution in [3.63, 3.8) is 0 Å². The summed E-state index contributed by atoms with van der Waals surface area (Å²) < 4.78 is 640. The van der Waals surface area contributed by atoms with Crippen LogP contribution in [0.25, 0.3) is 0 Å². The highest BCUT2D eigenvalue weighted by molar-refractivity contribution is 7.47. The Bertz CT molecular complexity index is 3870. The van der Waals surface area contributed by atoms with Gasteiger partial charge in [-0.25, -0.2) is 4.57 Å². The molecule has 0 radical (unpaired) electrons. The molecule has 0 fully saturated rings. The van der Waals surface area contributed by atoms with Crippen LogP contribution in [0.4, 0.5) is 0 Å². The third-order valence-electron chi connectivity index (χ3n) is 3.30. The molecule has 0 amide bonds. The zero-order chi connectivity index (χ0) is 103. The van der Waals surface area contributed by atoms with Crippen LogP contribution in [0.15, 0.2) is 0 Å². The molecule has 0 aliphatic heterocycles. The van der Waals surface area contributed by atoms with Crippen LogP contribution in [-0.2, 0) is 32.7 Å². The van der Waals surface area contributed by atoms with Crippen molar-refractivity contribution >= 4 is 19.8 Å². The SMILES string of the molecule is [2H]C([2H])([2H])C([2H])([2H])C([2H])([2H])C([2H])([2H])C([2H])([2H])C([2H])([2H])C([2H])([2H])C([2H])([2H])C([2H])([2H])C([2H])([2H])C([2H])([2H])C([2H])([2H])C([2H])([2H])C([2H])([2H])C([2H])([2H])C(=O)OC[C@H](COP(=O)(O)OC([2H])([2H])C([2H])([2H])[N+](C([2H])([2H])[2H])(C([2H])([2H])[2H])C([2H])([2H])[2H])OC(=O)C([2H])([2H])C([2H])([2H])C([2H])([2H])C([2H])([2H])C([2H])([2H])C([2H])([2H])C([2H])([2H])C([2H])([2H])C([2H])([2H])C([2H])([2H])C([2H])([2H])C([2H])([2H])C([2H])([2H])C([2H])([2H])C([2H])([2H])[2H]. The van der Waals surface area contributed by atoms with Crippen molar-refractivity contribution in [2.24, 2.45) is 0 Å². The van der Waals surface area contributed by atoms with E-state index in [1.807, 2.05) is 0 Å². The van der Waals surface area contributed by atoms with E-state index in [0.29, 0.717) is 0 Å². The number of hydrogen-bond acceptors (Lipinski definition) is 7. The van der Waals surface area contributed by atoms with Gasteiger partial charge in [0.1, 0.15) is 19.7 Å². The second-order valence-electron chi connectivity index (χ2n) is 6.87. The number of nitrogens with zero attached hydrogens (tertiary/aromatic N) is 1. The molecule has 0 aliphatic carbocycles. The van der Waals surface area contributed by atoms with E-state index < -0.39 is 270 Å². The lowest BCUT2D eigenvalue weighted by atomic mass is 10.0. The minimum Gasteiger partial charge on any atom is -0.462 e. The van der Waals surface area contributed by atoms with Crippen LogP contribution in [0, 0.1) is 0 Å². The van der Waals surface area contributed by atoms with Crippen molar-refractivity contribution in [2.45, 2.75) is 198 Å². The molecule has 0 saturated carbocycles. The maximum Gasteiger partial charge on any atom is 0.472 e. The molecular formula is C40H81NO8P+. The van der Waals surface area contributed by atoms with Crippen molar-refractivity contribution < 1.29 is 145 Å². The number of ether oxygens (including phenoxy) is 2. The molecule has 0 rings (SSSR count). The summed E-state index contributed by atoms with van der Waals surface area (Å²) in [5, 5.41) is 0. The summed E-state index contributed by atoms with van der Waals surface area (Å²) >= 11 is 0. The molecule has 0 aromatic heterocycles. The fraction of sp³-hybridized carbons (Fsp3) is 0.950. The lowest BCUT2D eigenvalue weighted by molar-refractivity contribution is -0.870. The Balaban J connectivity index is 8.96. The molecule has 1 N–H and O–H groups in total. The van der Waals surface area contributed by atoms with Gasteiger partial charge in [-0.05, 0) is 12.7 Å². The first-order valence-electron chi connectivity index (χ1n) is 49.5. The Labute approximate surface area is 413 Å². The van der Waals surface area contributed by atoms with Crippen molar-refractivity contribution in [1.82, 2.24) is 0 Å². The van der Waals surface area contributed by atoms with Gasteiger partial charge < -0.3 is 18.9 Å². The first kappa shape index (κ1) is 7.47. The molecule has 0 spiro atoms. The lowest BCUT2D eigenvalue weighted by Gasteiger charge is -2.24. The zero-order valence-corrected chi connectivity index (χ0v) is 25.6. The highest BCUT2D eigenvalue weighted by Crippen LogP contribution is 2.43. The molecule has 0 heterocycles. The predicted molar refractivity (Wildman–Crippen MR) is 206 cm³/mol. The van der Waals surface area contributed by atoms with E-state index in [1.54, 1.807) is 0 Å². The van der Waals surface area contributed by atoms with E-state index in [-0.39, 0.29) is 0 Å². The largest absolute Gasteiger partial charge is 0.472 e. The van der Waals surface area contributed by atoms with Gasteiger partial charge in [0.15, 0.2) is 6.10 Å². The summed E-state index contributed by atoms with van der Waals surface area (Å²) in [6.45, 7) is -39.4. The normalized spacial score (nSPS) is 45.7. The van der Waals surface area contributed by atoms with Crippen LogP contribution in [0.2, 0.25) is 0 Å². The minimum absolute atomic E-state index is 2.68. The van der Waals surface area contributed by atoms with E-state index >= 15 is 0 Å². The third-order valence-corrected chi connectivity index (χ3v) is 4.10. The molecule has 9 nitrogen and oxygen atoms in total. The number of phosphoric ester groups is 1. The molecule has 0 aromatic rings. The van der Waals surface area contributed by atoms with Crippen LogP contribution >= 0.6 is 7.82 Å². The van der Waals surface area contributed by atoms with Crippen LogP contribution in [-0.4, -0.2) is 74.6 Å². The minimum atomic E-state index is -7.22. The number of carbonyl (C=O) groups is 2. The molecule has 298 valence electrons. The Morgan fingerprint density at radius 1 is 0.600 bits per heavy atom. The molecule has 0 aliphatic rings. The average Bonchev–Trinajstić information content (AvgIpc) is 0.682. The molecule has 10 heteroatoms. The fourth-order valence-corrected chi connectivity index (χ4v) is 2.27. The van der Waals surface area contributed by atoms with Crippen LogP contribution in [0.5, 0.6) is 0 Å². The van der Waals surface area contributed by atoms with Gasteiger partial charge >= 0.3 is 19.8 Å². The van der Waals surface area contributed by atoms with Crippen molar-refractivity contribution in [2.75, 3.05) is 47.2 Å². The van der Waals surface area contributed by atoms with E-state index in [4.69, 9.17) is 103 Å². The van der Waals surface area contributed by atoms with Gasteiger partial charge in [-0.2, -0.15) is 0 Å². The Morgan fingerprint density at radius 2 is 1.00 bits per heavy atom. The van der Waals surface area contributed by atoms with E-state index in [9.17, 15) is 19.0 Å². The van der Waals surface area contributed by atoms with Crippen LogP contribution in [0.3, 0.4) is 0 Å². The molecule has 0 saturated heterocycles. The van der Waals surface area contributed by atoms with Gasteiger partial charge in [0.25, 0.3) is 0 Å². The molecule has 0 bridgehead atoms. The first-order chi connectivity index (χ1) is 52.6. The maximum absolute atomic E-state index is 14.2. The van der Waals surface area contributed by atoms with Crippen LogP contribution < -0.4 is 0 Å². The van der Waals surface area contributed by atoms with Gasteiger partial charge in [0.2, 0.25) is 0 Å². The fourth-order valence-electron chi connectivity index (χ4n) is 1.70. The number of rotatable bonds is 38. The average molecular weight is 811 g/mol. The van der Waals surface area contributed by atoms with Crippen molar-refractivity contribution in [1.29, 1.82) is 0 Å². The number of carbonyl (C=O) groups excluding carboxylic acids is 2. The maximum atomic E-state index is 14.2. The first-order valence-corrected chi connectivity index (χ1v) is 13.5. The highest BCUT2D eigenvalue weighted by atomic mass is 31.2. The summed E-state index contributed by atoms with van der Waals surface area (Å²) in [5.74, 6) is -6.77. The molecular weight excluding hydrogens is 653 g/mol. The summed E-state index contributed by atoms with van der Waals surface area (Å²) in [4.78, 5) is 38.9. The zero-order valence-electron chi connectivity index (χ0n) is 99.7. The number of esters is 2. The monoisotopic (exact) mass is 810 g/mol. The highest BCUT2D eigenvalue weighted by Gasteiger charge is 2.27. The number of phosphoric acid groups is 1. The smallest absolute Gasteiger partial charge is 0.462 e. The Morgan fingerprint density at radius 3 is 1.42 bits per heavy atom. The van der Waals surface area contributed by atoms with Crippen molar-refractivity contribution in [3.05, 3.63) is 0 Å². The van der Waals surface area contributed by atoms with Crippen LogP contribution in [0.1, 0.15) is 295 Å². The number of likely N-dealkylation sites (N-methyl/N-ethyl adjacent to an activating group) is 1. The molecule has 1 unspecified atom stereocenters. The summed E-state index contributed by atoms with van der Waals surface area (Å²) in [6.07, 6.45) is -155. The lowest BCUT2D eigenvalue weighted by Crippen LogP contribution is -2.37. The van der Waals surface area contributed by atoms with Gasteiger partial charge in [-0.3, -0.25) is 18.6 Å². The van der Waals surface area contributed by atoms with Gasteiger partial charge in [-0.15, -0.1) is 0 Å². The second-order valence-corrected chi connectivity index (χ2v) is 8.24. The summed E-state index contributed by atoms with van der Waals surface area (Å²) in [5.41, 5.74) is 0. The topological polar surface area (TPSA) is 108 Å². The third kappa shape index (κ3) is 36.8. The number of hydrogen-bond donors (Lipinski definition) is 1. The van der Waals surface area contributed by atoms with E-state index in [1.165, 1.54) is 0 Å². The van der Waals surface area contributed by atoms with E-state index in [0.717, 1.165) is 0 Å². The predicted octanol–water partition coefficient (Wildman–Crippen LogP) is 11.2. The second kappa shape index (κ2) is 33.8. The van der Waals surface area contributed by atoms with Gasteiger partial charge in [-0.1, -0.05) is 167 Å². The molecule has 50 heavy (non-hydrogen) atoms. The number of quaternary nitrogens is 1. The Hall–Kier alpha value is -0.990. The van der Waals surface area contributed by atoms with E-state index in [2.05, 4.69) is 18.5 Å². The quantitative estimate of drug-likeness (QED) is 0.0373. The molecule has 0 aromatic carbocycles. The summed E-state index contributed by atoms with van der Waals surface area (Å²) in [7, 11) is -7.22. The Kier molecular flexibility index (Phi) is 5.05. The molecule has 2 atom stereocenters. The van der Waals surface area contributed by atoms with Gasteiger partial charge in [0.05, 0.1) is 45.4 Å². The standard InChI is InChI=1S/C40H80NO8P/c1-6-8-10-12-14-16-18-20-22-24-26-28-30-32-39(42)46-36-38(37-48-50(44,45)47-35-34-41(3,4)5)49-40(43)33-31-29-27-25-23-21-19-17-15-13-11-9-7-2/h38H,6-37H2,1-5H3/p+1/t38-/m1/s1/i1D3,2D3,3D3,4D3,5D3,6D2,7D2,8D2,9D2,10D2,11D2,12D2,13D2,14D2,15D2,16D2,17D2,18D2,19D2,20D2,21D2,22D2,23D2,24D2,25D2,26D2,27D2,28D2,29D2,30D2,31D2,32D2,33D2,34D2,35D2. The summed E-state index contributed by atoms with van der Waals surface area (Å²) in [6, 6.07) is 0.